The molecular weight excluding hydrogens is 509 g/mol. The Kier molecular flexibility index (Phi) is 7.67. The van der Waals surface area contributed by atoms with Crippen LogP contribution in [0.2, 0.25) is 10.0 Å². The minimum absolute atomic E-state index is 0.0865. The van der Waals surface area contributed by atoms with E-state index < -0.39 is 0 Å². The fourth-order valence-electron chi connectivity index (χ4n) is 3.59. The van der Waals surface area contributed by atoms with Gasteiger partial charge < -0.3 is 5.32 Å². The second kappa shape index (κ2) is 10.5. The minimum Gasteiger partial charge on any atom is -0.325 e. The van der Waals surface area contributed by atoms with Crippen LogP contribution in [0.3, 0.4) is 0 Å². The summed E-state index contributed by atoms with van der Waals surface area (Å²) in [5.41, 5.74) is 3.05. The maximum atomic E-state index is 13.6. The molecule has 2 aromatic heterocycles. The van der Waals surface area contributed by atoms with Gasteiger partial charge in [0.2, 0.25) is 5.91 Å². The van der Waals surface area contributed by atoms with Crippen molar-refractivity contribution in [3.63, 3.8) is 0 Å². The summed E-state index contributed by atoms with van der Waals surface area (Å²) in [6.07, 6.45) is 1.89. The quantitative estimate of drug-likeness (QED) is 0.205. The largest absolute Gasteiger partial charge is 0.325 e. The van der Waals surface area contributed by atoms with Crippen LogP contribution in [0, 0.1) is 13.8 Å². The Labute approximate surface area is 216 Å². The first-order valence-electron chi connectivity index (χ1n) is 10.8. The normalized spacial score (nSPS) is 11.2. The van der Waals surface area contributed by atoms with E-state index in [-0.39, 0.29) is 17.2 Å². The number of aromatic nitrogens is 2. The van der Waals surface area contributed by atoms with Crippen LogP contribution in [0.25, 0.3) is 15.9 Å². The number of aryl methyl sites for hydroxylation is 3. The van der Waals surface area contributed by atoms with E-state index in [2.05, 4.69) is 12.2 Å². The number of halogens is 2. The van der Waals surface area contributed by atoms with Crippen molar-refractivity contribution in [2.24, 2.45) is 0 Å². The van der Waals surface area contributed by atoms with Crippen LogP contribution in [-0.4, -0.2) is 21.2 Å². The van der Waals surface area contributed by atoms with E-state index in [4.69, 9.17) is 28.2 Å². The fourth-order valence-corrected chi connectivity index (χ4v) is 6.03. The number of thiophene rings is 1. The Hall–Kier alpha value is -2.32. The van der Waals surface area contributed by atoms with Gasteiger partial charge in [-0.05, 0) is 67.8 Å². The second-order valence-corrected chi connectivity index (χ2v) is 10.8. The standard InChI is InChI=1S/C25H23Cl2N3O2S2/c1-4-5-20-15(3)22-23(34-20)29-25(30(24(22)32)18-10-7-16(26)8-11-18)33-13-21(31)28-17-9-6-14(2)19(27)12-17/h6-12H,4-5,13H2,1-3H3,(H,28,31). The SMILES string of the molecule is CCCc1sc2nc(SCC(=O)Nc3ccc(C)c(Cl)c3)n(-c3ccc(Cl)cc3)c(=O)c2c1C. The van der Waals surface area contributed by atoms with Gasteiger partial charge in [0.15, 0.2) is 5.16 Å². The van der Waals surface area contributed by atoms with Gasteiger partial charge in [-0.15, -0.1) is 11.3 Å². The van der Waals surface area contributed by atoms with Crippen LogP contribution in [-0.2, 0) is 11.2 Å². The number of hydrogen-bond acceptors (Lipinski definition) is 5. The lowest BCUT2D eigenvalue weighted by Crippen LogP contribution is -2.22. The second-order valence-electron chi connectivity index (χ2n) is 7.89. The van der Waals surface area contributed by atoms with Crippen molar-refractivity contribution in [3.05, 3.63) is 78.9 Å². The van der Waals surface area contributed by atoms with E-state index in [1.807, 2.05) is 19.9 Å². The number of anilines is 1. The molecular formula is C25H23Cl2N3O2S2. The van der Waals surface area contributed by atoms with Crippen molar-refractivity contribution in [3.8, 4) is 5.69 Å². The molecule has 9 heteroatoms. The minimum atomic E-state index is -0.212. The molecule has 0 radical (unpaired) electrons. The van der Waals surface area contributed by atoms with E-state index in [1.165, 1.54) is 16.6 Å². The summed E-state index contributed by atoms with van der Waals surface area (Å²) >= 11 is 15.0. The lowest BCUT2D eigenvalue weighted by molar-refractivity contribution is -0.113. The van der Waals surface area contributed by atoms with Gasteiger partial charge in [0.25, 0.3) is 5.56 Å². The van der Waals surface area contributed by atoms with Gasteiger partial charge in [0, 0.05) is 20.6 Å². The molecule has 34 heavy (non-hydrogen) atoms. The molecule has 4 aromatic rings. The summed E-state index contributed by atoms with van der Waals surface area (Å²) in [5, 5.41) is 5.11. The molecule has 5 nitrogen and oxygen atoms in total. The third kappa shape index (κ3) is 5.18. The molecule has 0 spiro atoms. The summed E-state index contributed by atoms with van der Waals surface area (Å²) in [7, 11) is 0. The highest BCUT2D eigenvalue weighted by molar-refractivity contribution is 7.99. The summed E-state index contributed by atoms with van der Waals surface area (Å²) in [4.78, 5) is 33.0. The highest BCUT2D eigenvalue weighted by atomic mass is 35.5. The Morgan fingerprint density at radius 1 is 1.15 bits per heavy atom. The van der Waals surface area contributed by atoms with E-state index in [0.717, 1.165) is 24.0 Å². The first kappa shape index (κ1) is 24.8. The maximum absolute atomic E-state index is 13.6. The Morgan fingerprint density at radius 3 is 2.56 bits per heavy atom. The molecule has 1 amide bonds. The lowest BCUT2D eigenvalue weighted by atomic mass is 10.1. The predicted octanol–water partition coefficient (Wildman–Crippen LogP) is 7.05. The number of hydrogen-bond donors (Lipinski definition) is 1. The van der Waals surface area contributed by atoms with Crippen LogP contribution >= 0.6 is 46.3 Å². The van der Waals surface area contributed by atoms with Crippen LogP contribution in [0.4, 0.5) is 5.69 Å². The van der Waals surface area contributed by atoms with Crippen LogP contribution in [0.5, 0.6) is 0 Å². The molecule has 2 aromatic carbocycles. The molecule has 2 heterocycles. The third-order valence-electron chi connectivity index (χ3n) is 5.38. The average Bonchev–Trinajstić information content (AvgIpc) is 3.11. The Morgan fingerprint density at radius 2 is 1.88 bits per heavy atom. The number of amides is 1. The van der Waals surface area contributed by atoms with Gasteiger partial charge in [0.05, 0.1) is 16.8 Å². The van der Waals surface area contributed by atoms with Crippen molar-refractivity contribution in [1.82, 2.24) is 9.55 Å². The summed E-state index contributed by atoms with van der Waals surface area (Å²) in [6, 6.07) is 12.4. The molecule has 0 aliphatic rings. The van der Waals surface area contributed by atoms with Crippen molar-refractivity contribution >= 4 is 68.1 Å². The smallest absolute Gasteiger partial charge is 0.267 e. The summed E-state index contributed by atoms with van der Waals surface area (Å²) in [5.74, 6) is -0.126. The van der Waals surface area contributed by atoms with Crippen molar-refractivity contribution in [2.75, 3.05) is 11.1 Å². The molecule has 176 valence electrons. The maximum Gasteiger partial charge on any atom is 0.267 e. The van der Waals surface area contributed by atoms with Crippen molar-refractivity contribution in [1.29, 1.82) is 0 Å². The van der Waals surface area contributed by atoms with E-state index in [0.29, 0.717) is 36.8 Å². The van der Waals surface area contributed by atoms with Gasteiger partial charge in [-0.25, -0.2) is 4.98 Å². The first-order chi connectivity index (χ1) is 16.3. The van der Waals surface area contributed by atoms with Crippen molar-refractivity contribution in [2.45, 2.75) is 38.8 Å². The fraction of sp³-hybridized carbons (Fsp3) is 0.240. The number of thioether (sulfide) groups is 1. The summed E-state index contributed by atoms with van der Waals surface area (Å²) < 4.78 is 1.56. The highest BCUT2D eigenvalue weighted by Crippen LogP contribution is 2.31. The van der Waals surface area contributed by atoms with Gasteiger partial charge in [-0.3, -0.25) is 14.2 Å². The molecule has 0 saturated heterocycles. The third-order valence-corrected chi connectivity index (χ3v) is 8.23. The number of carbonyl (C=O) groups is 1. The van der Waals surface area contributed by atoms with Gasteiger partial charge in [-0.1, -0.05) is 54.4 Å². The van der Waals surface area contributed by atoms with Crippen LogP contribution in [0.1, 0.15) is 29.3 Å². The van der Waals surface area contributed by atoms with E-state index in [1.54, 1.807) is 52.3 Å². The number of carbonyl (C=O) groups excluding carboxylic acids is 1. The molecule has 0 bridgehead atoms. The van der Waals surface area contributed by atoms with E-state index >= 15 is 0 Å². The lowest BCUT2D eigenvalue weighted by Gasteiger charge is -2.13. The van der Waals surface area contributed by atoms with Gasteiger partial charge >= 0.3 is 0 Å². The van der Waals surface area contributed by atoms with Gasteiger partial charge in [-0.2, -0.15) is 0 Å². The monoisotopic (exact) mass is 531 g/mol. The molecule has 0 saturated carbocycles. The van der Waals surface area contributed by atoms with E-state index in [9.17, 15) is 9.59 Å². The number of nitrogens with zero attached hydrogens (tertiary/aromatic N) is 2. The number of nitrogens with one attached hydrogen (secondary N) is 1. The van der Waals surface area contributed by atoms with Crippen LogP contribution in [0.15, 0.2) is 52.4 Å². The number of fused-ring (bicyclic) bond motifs is 1. The molecule has 0 aliphatic carbocycles. The highest BCUT2D eigenvalue weighted by Gasteiger charge is 2.20. The zero-order valence-electron chi connectivity index (χ0n) is 18.9. The number of rotatable bonds is 7. The topological polar surface area (TPSA) is 64.0 Å². The average molecular weight is 533 g/mol. The molecule has 0 fully saturated rings. The zero-order chi connectivity index (χ0) is 24.4. The van der Waals surface area contributed by atoms with Crippen LogP contribution < -0.4 is 10.9 Å². The molecule has 4 rings (SSSR count). The van der Waals surface area contributed by atoms with Gasteiger partial charge in [0.1, 0.15) is 4.83 Å². The Balaban J connectivity index is 1.70. The molecule has 0 atom stereocenters. The zero-order valence-corrected chi connectivity index (χ0v) is 22.1. The molecule has 0 unspecified atom stereocenters. The molecule has 0 aliphatic heterocycles. The van der Waals surface area contributed by atoms with Crippen molar-refractivity contribution < 1.29 is 4.79 Å². The summed E-state index contributed by atoms with van der Waals surface area (Å²) in [6.45, 7) is 6.00. The number of benzene rings is 2. The Bertz CT molecular complexity index is 1430. The molecule has 1 N–H and O–H groups in total. The first-order valence-corrected chi connectivity index (χ1v) is 13.3. The predicted molar refractivity (Wildman–Crippen MR) is 145 cm³/mol.